The minimum Gasteiger partial charge on any atom is -0.497 e. The average molecular weight is 385 g/mol. The standard InChI is InChI=1S/C19H19N3O4S/c1-24-14-8-13(9-15(11-14)25-2)18(23)20-19-22-21-17(27-19)10-12-6-4-5-7-16(12)26-3/h4-9,11H,10H2,1-3H3,(H,20,22,23). The highest BCUT2D eigenvalue weighted by atomic mass is 32.1. The topological polar surface area (TPSA) is 82.6 Å². The SMILES string of the molecule is COc1cc(OC)cc(C(=O)Nc2nnc(Cc3ccccc3OC)s2)c1. The summed E-state index contributed by atoms with van der Waals surface area (Å²) in [4.78, 5) is 12.5. The van der Waals surface area contributed by atoms with E-state index in [2.05, 4.69) is 15.5 Å². The highest BCUT2D eigenvalue weighted by Crippen LogP contribution is 2.26. The summed E-state index contributed by atoms with van der Waals surface area (Å²) in [7, 11) is 4.70. The van der Waals surface area contributed by atoms with Gasteiger partial charge in [-0.15, -0.1) is 10.2 Å². The fourth-order valence-electron chi connectivity index (χ4n) is 2.50. The van der Waals surface area contributed by atoms with E-state index in [-0.39, 0.29) is 5.91 Å². The Hall–Kier alpha value is -3.13. The molecular weight excluding hydrogens is 366 g/mol. The van der Waals surface area contributed by atoms with Gasteiger partial charge in [-0.05, 0) is 18.2 Å². The van der Waals surface area contributed by atoms with Gasteiger partial charge in [0.1, 0.15) is 22.3 Å². The van der Waals surface area contributed by atoms with Gasteiger partial charge in [0.25, 0.3) is 5.91 Å². The quantitative estimate of drug-likeness (QED) is 0.671. The first-order chi connectivity index (χ1) is 13.1. The van der Waals surface area contributed by atoms with Crippen LogP contribution < -0.4 is 19.5 Å². The Morgan fingerprint density at radius 1 is 1.00 bits per heavy atom. The molecule has 8 heteroatoms. The highest BCUT2D eigenvalue weighted by Gasteiger charge is 2.14. The van der Waals surface area contributed by atoms with Crippen molar-refractivity contribution in [1.82, 2.24) is 10.2 Å². The van der Waals surface area contributed by atoms with E-state index in [4.69, 9.17) is 14.2 Å². The van der Waals surface area contributed by atoms with Gasteiger partial charge in [0, 0.05) is 23.6 Å². The van der Waals surface area contributed by atoms with E-state index in [0.717, 1.165) is 16.3 Å². The second kappa shape index (κ2) is 8.50. The van der Waals surface area contributed by atoms with Crippen LogP contribution in [0.3, 0.4) is 0 Å². The summed E-state index contributed by atoms with van der Waals surface area (Å²) in [5.41, 5.74) is 1.42. The van der Waals surface area contributed by atoms with E-state index in [1.54, 1.807) is 25.3 Å². The zero-order chi connectivity index (χ0) is 19.2. The zero-order valence-corrected chi connectivity index (χ0v) is 16.0. The van der Waals surface area contributed by atoms with Crippen LogP contribution in [-0.4, -0.2) is 37.4 Å². The van der Waals surface area contributed by atoms with Crippen molar-refractivity contribution in [2.24, 2.45) is 0 Å². The number of nitrogens with zero attached hydrogens (tertiary/aromatic N) is 2. The van der Waals surface area contributed by atoms with Crippen molar-refractivity contribution in [3.8, 4) is 17.2 Å². The predicted octanol–water partition coefficient (Wildman–Crippen LogP) is 3.41. The molecule has 0 atom stereocenters. The van der Waals surface area contributed by atoms with Crippen molar-refractivity contribution in [3.63, 3.8) is 0 Å². The molecule has 0 radical (unpaired) electrons. The van der Waals surface area contributed by atoms with Gasteiger partial charge in [-0.25, -0.2) is 0 Å². The lowest BCUT2D eigenvalue weighted by Crippen LogP contribution is -2.12. The Bertz CT molecular complexity index is 920. The summed E-state index contributed by atoms with van der Waals surface area (Å²) in [6, 6.07) is 12.7. The third kappa shape index (κ3) is 4.53. The fraction of sp³-hybridized carbons (Fsp3) is 0.211. The van der Waals surface area contributed by atoms with E-state index >= 15 is 0 Å². The summed E-state index contributed by atoms with van der Waals surface area (Å²) < 4.78 is 15.7. The maximum atomic E-state index is 12.5. The van der Waals surface area contributed by atoms with Crippen molar-refractivity contribution < 1.29 is 19.0 Å². The molecule has 0 spiro atoms. The van der Waals surface area contributed by atoms with Crippen LogP contribution in [0.15, 0.2) is 42.5 Å². The predicted molar refractivity (Wildman–Crippen MR) is 103 cm³/mol. The Balaban J connectivity index is 1.73. The van der Waals surface area contributed by atoms with Crippen LogP contribution in [0.5, 0.6) is 17.2 Å². The molecule has 1 heterocycles. The molecule has 1 N–H and O–H groups in total. The monoisotopic (exact) mass is 385 g/mol. The summed E-state index contributed by atoms with van der Waals surface area (Å²) in [5, 5.41) is 12.2. The van der Waals surface area contributed by atoms with Crippen molar-refractivity contribution in [2.75, 3.05) is 26.6 Å². The number of methoxy groups -OCH3 is 3. The van der Waals surface area contributed by atoms with Gasteiger partial charge in [-0.2, -0.15) is 0 Å². The highest BCUT2D eigenvalue weighted by molar-refractivity contribution is 7.15. The normalized spacial score (nSPS) is 10.3. The number of anilines is 1. The lowest BCUT2D eigenvalue weighted by molar-refractivity contribution is 0.102. The van der Waals surface area contributed by atoms with Crippen LogP contribution in [0.4, 0.5) is 5.13 Å². The van der Waals surface area contributed by atoms with Gasteiger partial charge in [0.2, 0.25) is 5.13 Å². The first-order valence-electron chi connectivity index (χ1n) is 8.11. The molecule has 1 aromatic heterocycles. The summed E-state index contributed by atoms with van der Waals surface area (Å²) in [6.07, 6.45) is 0.574. The number of benzene rings is 2. The molecule has 0 bridgehead atoms. The number of rotatable bonds is 7. The molecule has 140 valence electrons. The second-order valence-electron chi connectivity index (χ2n) is 5.55. The summed E-state index contributed by atoms with van der Waals surface area (Å²) >= 11 is 1.32. The Morgan fingerprint density at radius 3 is 2.37 bits per heavy atom. The first kappa shape index (κ1) is 18.7. The van der Waals surface area contributed by atoms with Gasteiger partial charge in [-0.1, -0.05) is 29.5 Å². The lowest BCUT2D eigenvalue weighted by Gasteiger charge is -2.07. The third-order valence-electron chi connectivity index (χ3n) is 3.84. The largest absolute Gasteiger partial charge is 0.497 e. The molecule has 27 heavy (non-hydrogen) atoms. The maximum Gasteiger partial charge on any atom is 0.257 e. The molecule has 7 nitrogen and oxygen atoms in total. The second-order valence-corrected chi connectivity index (χ2v) is 6.61. The van der Waals surface area contributed by atoms with E-state index in [0.29, 0.717) is 28.6 Å². The number of carbonyl (C=O) groups excluding carboxylic acids is 1. The van der Waals surface area contributed by atoms with Crippen molar-refractivity contribution in [3.05, 3.63) is 58.6 Å². The molecule has 0 aliphatic carbocycles. The van der Waals surface area contributed by atoms with Gasteiger partial charge >= 0.3 is 0 Å². The molecule has 2 aromatic carbocycles. The van der Waals surface area contributed by atoms with E-state index in [9.17, 15) is 4.79 Å². The maximum absolute atomic E-state index is 12.5. The van der Waals surface area contributed by atoms with Crippen molar-refractivity contribution >= 4 is 22.4 Å². The van der Waals surface area contributed by atoms with Crippen molar-refractivity contribution in [1.29, 1.82) is 0 Å². The molecule has 0 aliphatic rings. The van der Waals surface area contributed by atoms with Crippen LogP contribution in [-0.2, 0) is 6.42 Å². The minimum atomic E-state index is -0.313. The fourth-order valence-corrected chi connectivity index (χ4v) is 3.25. The average Bonchev–Trinajstić information content (AvgIpc) is 3.14. The third-order valence-corrected chi connectivity index (χ3v) is 4.67. The van der Waals surface area contributed by atoms with Crippen molar-refractivity contribution in [2.45, 2.75) is 6.42 Å². The number of nitrogens with one attached hydrogen (secondary N) is 1. The number of amides is 1. The molecule has 0 saturated carbocycles. The number of hydrogen-bond acceptors (Lipinski definition) is 7. The Morgan fingerprint density at radius 2 is 1.70 bits per heavy atom. The number of aromatic nitrogens is 2. The van der Waals surface area contributed by atoms with Gasteiger partial charge in [-0.3, -0.25) is 10.1 Å². The van der Waals surface area contributed by atoms with E-state index in [1.807, 2.05) is 24.3 Å². The van der Waals surface area contributed by atoms with Crippen LogP contribution in [0.1, 0.15) is 20.9 Å². The van der Waals surface area contributed by atoms with Crippen LogP contribution >= 0.6 is 11.3 Å². The van der Waals surface area contributed by atoms with E-state index < -0.39 is 0 Å². The summed E-state index contributed by atoms with van der Waals surface area (Å²) in [6.45, 7) is 0. The van der Waals surface area contributed by atoms with Gasteiger partial charge < -0.3 is 14.2 Å². The molecule has 0 aliphatic heterocycles. The summed E-state index contributed by atoms with van der Waals surface area (Å²) in [5.74, 6) is 1.55. The molecule has 0 fully saturated rings. The molecule has 0 saturated heterocycles. The smallest absolute Gasteiger partial charge is 0.257 e. The van der Waals surface area contributed by atoms with Crippen LogP contribution in [0, 0.1) is 0 Å². The minimum absolute atomic E-state index is 0.313. The molecule has 3 aromatic rings. The van der Waals surface area contributed by atoms with Gasteiger partial charge in [0.05, 0.1) is 21.3 Å². The number of hydrogen-bond donors (Lipinski definition) is 1. The molecule has 3 rings (SSSR count). The number of para-hydroxylation sites is 1. The molecular formula is C19H19N3O4S. The lowest BCUT2D eigenvalue weighted by atomic mass is 10.1. The Kier molecular flexibility index (Phi) is 5.87. The number of ether oxygens (including phenoxy) is 3. The van der Waals surface area contributed by atoms with E-state index in [1.165, 1.54) is 25.6 Å². The van der Waals surface area contributed by atoms with Gasteiger partial charge in [0.15, 0.2) is 0 Å². The molecule has 0 unspecified atom stereocenters. The van der Waals surface area contributed by atoms with Crippen LogP contribution in [0.2, 0.25) is 0 Å². The molecule has 1 amide bonds. The zero-order valence-electron chi connectivity index (χ0n) is 15.2. The Labute approximate surface area is 160 Å². The first-order valence-corrected chi connectivity index (χ1v) is 8.93. The number of carbonyl (C=O) groups is 1. The van der Waals surface area contributed by atoms with Crippen LogP contribution in [0.25, 0.3) is 0 Å².